The first kappa shape index (κ1) is 8.05. The van der Waals surface area contributed by atoms with Crippen LogP contribution >= 0.6 is 32.5 Å². The van der Waals surface area contributed by atoms with Gasteiger partial charge in [0, 0.05) is 0 Å². The molecule has 4 rings (SSSR count). The summed E-state index contributed by atoms with van der Waals surface area (Å²) in [4.78, 5) is 0. The van der Waals surface area contributed by atoms with Gasteiger partial charge in [0.25, 0.3) is 0 Å². The predicted octanol–water partition coefficient (Wildman–Crippen LogP) is 3.03. The van der Waals surface area contributed by atoms with Gasteiger partial charge in [0.2, 0.25) is 0 Å². The van der Waals surface area contributed by atoms with Crippen LogP contribution in [0.25, 0.3) is 0 Å². The first-order chi connectivity index (χ1) is 5.23. The maximum Gasteiger partial charge on any atom is 0.354 e. The first-order valence-corrected chi connectivity index (χ1v) is 8.22. The van der Waals surface area contributed by atoms with E-state index >= 15 is 0 Å². The van der Waals surface area contributed by atoms with E-state index in [2.05, 4.69) is 0 Å². The molecule has 0 amide bonds. The minimum atomic E-state index is -2.53. The summed E-state index contributed by atoms with van der Waals surface area (Å²) in [7, 11) is -4.00. The number of hydrogen-bond donors (Lipinski definition) is 0. The normalized spacial score (nSPS) is 60.2. The molecule has 4 aliphatic rings. The molecule has 11 heavy (non-hydrogen) atoms. The van der Waals surface area contributed by atoms with E-state index in [0.717, 1.165) is 0 Å². The van der Waals surface area contributed by atoms with E-state index in [9.17, 15) is 0 Å². The van der Waals surface area contributed by atoms with Crippen molar-refractivity contribution in [2.45, 2.75) is 0 Å². The Morgan fingerprint density at radius 3 is 1.45 bits per heavy atom. The third-order valence-corrected chi connectivity index (χ3v) is 9.90. The summed E-state index contributed by atoms with van der Waals surface area (Å²) in [6.45, 7) is -2.53. The summed E-state index contributed by atoms with van der Waals surface area (Å²) in [5.41, 5.74) is 0. The minimum Gasteiger partial charge on any atom is -0.236 e. The van der Waals surface area contributed by atoms with Gasteiger partial charge in [-0.05, 0) is 11.8 Å². The van der Waals surface area contributed by atoms with E-state index in [1.54, 1.807) is 0 Å². The van der Waals surface area contributed by atoms with Gasteiger partial charge in [-0.25, -0.2) is 25.9 Å². The van der Waals surface area contributed by atoms with Gasteiger partial charge in [-0.1, -0.05) is 0 Å². The fourth-order valence-electron chi connectivity index (χ4n) is 0.587. The molecule has 4 fully saturated rings. The second kappa shape index (κ2) is 2.60. The lowest BCUT2D eigenvalue weighted by Crippen LogP contribution is -2.12. The quantitative estimate of drug-likeness (QED) is 0.614. The zero-order valence-corrected chi connectivity index (χ0v) is 9.04. The van der Waals surface area contributed by atoms with E-state index in [1.165, 1.54) is 0 Å². The molecule has 0 N–H and O–H groups in total. The second-order valence-electron chi connectivity index (χ2n) is 1.61. The Bertz CT molecular complexity index is 197. The highest BCUT2D eigenvalue weighted by Crippen LogP contribution is 2.92. The Hall–Kier alpha value is 1.70. The smallest absolute Gasteiger partial charge is 0.236 e. The largest absolute Gasteiger partial charge is 0.354 e. The first-order valence-electron chi connectivity index (χ1n) is 2.37. The number of hydrogen-bond acceptors (Lipinski definition) is 7. The Kier molecular flexibility index (Phi) is 1.90. The number of rotatable bonds is 0. The lowest BCUT2D eigenvalue weighted by molar-refractivity contribution is 0.194. The van der Waals surface area contributed by atoms with Crippen LogP contribution in [0.15, 0.2) is 0 Å². The summed E-state index contributed by atoms with van der Waals surface area (Å²) in [5.74, 6) is 0. The van der Waals surface area contributed by atoms with Gasteiger partial charge in [0.05, 0.1) is 0 Å². The second-order valence-corrected chi connectivity index (χ2v) is 9.10. The van der Waals surface area contributed by atoms with Gasteiger partial charge in [0.15, 0.2) is 0 Å². The Morgan fingerprint density at radius 2 is 1.18 bits per heavy atom. The monoisotopic (exact) mass is 252 g/mol. The van der Waals surface area contributed by atoms with Crippen molar-refractivity contribution in [3.8, 4) is 0 Å². The summed E-state index contributed by atoms with van der Waals surface area (Å²) in [6, 6.07) is 0. The van der Waals surface area contributed by atoms with Crippen molar-refractivity contribution in [3.05, 3.63) is 0 Å². The van der Waals surface area contributed by atoms with Crippen molar-refractivity contribution in [3.63, 3.8) is 0 Å². The van der Waals surface area contributed by atoms with E-state index in [1.807, 2.05) is 0 Å². The van der Waals surface area contributed by atoms with Crippen LogP contribution in [0.5, 0.6) is 0 Å². The molecule has 4 bridgehead atoms. The summed E-state index contributed by atoms with van der Waals surface area (Å²) >= 11 is 4.94. The van der Waals surface area contributed by atoms with Crippen LogP contribution in [0.1, 0.15) is 0 Å². The Labute approximate surface area is 70.7 Å². The third kappa shape index (κ3) is 1.34. The van der Waals surface area contributed by atoms with Gasteiger partial charge in [-0.3, -0.25) is 0 Å². The molecule has 0 saturated carbocycles. The van der Waals surface area contributed by atoms with Crippen LogP contribution < -0.4 is 0 Å². The summed E-state index contributed by atoms with van der Waals surface area (Å²) in [5, 5.41) is 0. The van der Waals surface area contributed by atoms with Crippen LogP contribution in [-0.2, 0) is 37.7 Å². The van der Waals surface area contributed by atoms with Crippen molar-refractivity contribution in [1.29, 1.82) is 0 Å². The molecule has 0 aromatic rings. The van der Waals surface area contributed by atoms with Crippen LogP contribution in [0.2, 0.25) is 0 Å². The molecule has 6 nitrogen and oxygen atoms in total. The fraction of sp³-hybridized carbons (Fsp3) is 0. The van der Waals surface area contributed by atoms with Crippen molar-refractivity contribution >= 4 is 44.3 Å². The van der Waals surface area contributed by atoms with Gasteiger partial charge >= 0.3 is 32.5 Å². The molecule has 0 unspecified atom stereocenters. The Balaban J connectivity index is 2.00. The molecule has 0 aromatic carbocycles. The maximum atomic E-state index is 5.06. The van der Waals surface area contributed by atoms with Crippen LogP contribution in [0.4, 0.5) is 0 Å². The molecule has 4 heterocycles. The molecule has 0 atom stereocenters. The zero-order chi connectivity index (χ0) is 7.47. The lowest BCUT2D eigenvalue weighted by Gasteiger charge is -2.43. The average molecular weight is 252 g/mol. The fourth-order valence-corrected chi connectivity index (χ4v) is 9.97. The summed E-state index contributed by atoms with van der Waals surface area (Å²) < 4.78 is 30.3. The SMILES string of the molecule is S=P12OP3OP(OP(O3)O1)O2. The predicted molar refractivity (Wildman–Crippen MR) is 41.6 cm³/mol. The molecule has 4 saturated heterocycles. The highest BCUT2D eigenvalue weighted by atomic mass is 32.5. The molecule has 0 spiro atoms. The molecule has 11 heteroatoms. The average Bonchev–Trinajstić information content (AvgIpc) is 1.79. The summed E-state index contributed by atoms with van der Waals surface area (Å²) in [6.07, 6.45) is 0. The van der Waals surface area contributed by atoms with Crippen molar-refractivity contribution in [2.75, 3.05) is 0 Å². The van der Waals surface area contributed by atoms with Crippen molar-refractivity contribution in [2.24, 2.45) is 0 Å². The molecule has 0 radical (unpaired) electrons. The van der Waals surface area contributed by atoms with E-state index in [-0.39, 0.29) is 0 Å². The maximum absolute atomic E-state index is 5.06. The standard InChI is InChI=1S/O6P4S/c11-10-4-7-1-8(5-10)3-9(2-7)6-10. The molecule has 0 aromatic heterocycles. The highest BCUT2D eigenvalue weighted by Gasteiger charge is 2.56. The molecule has 0 aliphatic carbocycles. The lowest BCUT2D eigenvalue weighted by atomic mass is 15.6. The van der Waals surface area contributed by atoms with E-state index < -0.39 is 32.5 Å². The molecule has 4 aliphatic heterocycles. The van der Waals surface area contributed by atoms with E-state index in [0.29, 0.717) is 0 Å². The molecule has 62 valence electrons. The zero-order valence-electron chi connectivity index (χ0n) is 4.65. The topological polar surface area (TPSA) is 55.4 Å². The molecular weight excluding hydrogens is 252 g/mol. The van der Waals surface area contributed by atoms with Gasteiger partial charge < -0.3 is 0 Å². The Morgan fingerprint density at radius 1 is 0.818 bits per heavy atom. The van der Waals surface area contributed by atoms with Crippen molar-refractivity contribution in [1.82, 2.24) is 0 Å². The van der Waals surface area contributed by atoms with Gasteiger partial charge in [-0.2, -0.15) is 0 Å². The van der Waals surface area contributed by atoms with Crippen LogP contribution in [0.3, 0.4) is 0 Å². The van der Waals surface area contributed by atoms with Crippen LogP contribution in [0, 0.1) is 0 Å². The van der Waals surface area contributed by atoms with Gasteiger partial charge in [0.1, 0.15) is 0 Å². The highest BCUT2D eigenvalue weighted by molar-refractivity contribution is 8.13. The van der Waals surface area contributed by atoms with Gasteiger partial charge in [-0.15, -0.1) is 0 Å². The van der Waals surface area contributed by atoms with E-state index in [4.69, 9.17) is 37.7 Å². The third-order valence-electron chi connectivity index (χ3n) is 0.900. The minimum absolute atomic E-state index is 1.33. The van der Waals surface area contributed by atoms with Crippen molar-refractivity contribution < 1.29 is 25.9 Å². The van der Waals surface area contributed by atoms with Crippen LogP contribution in [-0.4, -0.2) is 0 Å². The molecular formula is O6P4S.